The largest absolute Gasteiger partial charge is 0.395 e. The van der Waals surface area contributed by atoms with E-state index < -0.39 is 0 Å². The Morgan fingerprint density at radius 2 is 2.28 bits per heavy atom. The number of nitrogens with zero attached hydrogens (tertiary/aromatic N) is 3. The van der Waals surface area contributed by atoms with Crippen molar-refractivity contribution in [2.45, 2.75) is 6.42 Å². The van der Waals surface area contributed by atoms with Crippen LogP contribution >= 0.6 is 11.3 Å². The maximum atomic E-state index is 6.05. The summed E-state index contributed by atoms with van der Waals surface area (Å²) in [6, 6.07) is 3.97. The molecule has 0 bridgehead atoms. The smallest absolute Gasteiger partial charge is 0.228 e. The summed E-state index contributed by atoms with van der Waals surface area (Å²) in [7, 11) is 0. The highest BCUT2D eigenvalue weighted by Gasteiger charge is 2.06. The standard InChI is InChI=1S/C11H11N5OS/c12-10-7(1-2-8-11(10)15-6-18-8)13-4-3-9-14-5-16-17-9/h1-2,5-6,13H,3-4,12H2. The van der Waals surface area contributed by atoms with Crippen molar-refractivity contribution in [3.8, 4) is 0 Å². The predicted octanol–water partition coefficient (Wildman–Crippen LogP) is 1.92. The summed E-state index contributed by atoms with van der Waals surface area (Å²) in [4.78, 5) is 8.20. The van der Waals surface area contributed by atoms with Gasteiger partial charge in [-0.3, -0.25) is 0 Å². The van der Waals surface area contributed by atoms with Gasteiger partial charge in [-0.15, -0.1) is 11.3 Å². The first-order chi connectivity index (χ1) is 8.84. The zero-order chi connectivity index (χ0) is 12.4. The van der Waals surface area contributed by atoms with Gasteiger partial charge in [-0.1, -0.05) is 5.16 Å². The number of thiazole rings is 1. The predicted molar refractivity (Wildman–Crippen MR) is 70.5 cm³/mol. The normalized spacial score (nSPS) is 10.9. The van der Waals surface area contributed by atoms with E-state index >= 15 is 0 Å². The second kappa shape index (κ2) is 4.61. The Labute approximate surface area is 107 Å². The molecule has 7 heteroatoms. The lowest BCUT2D eigenvalue weighted by molar-refractivity contribution is 0.380. The third-order valence-corrected chi connectivity index (χ3v) is 3.40. The molecule has 3 rings (SSSR count). The number of anilines is 2. The monoisotopic (exact) mass is 261 g/mol. The number of rotatable bonds is 4. The fourth-order valence-corrected chi connectivity index (χ4v) is 2.41. The Bertz CT molecular complexity index is 649. The summed E-state index contributed by atoms with van der Waals surface area (Å²) >= 11 is 1.58. The molecule has 0 amide bonds. The highest BCUT2D eigenvalue weighted by molar-refractivity contribution is 7.16. The molecule has 0 fully saturated rings. The number of hydrogen-bond acceptors (Lipinski definition) is 7. The van der Waals surface area contributed by atoms with Crippen molar-refractivity contribution >= 4 is 32.9 Å². The quantitative estimate of drug-likeness (QED) is 0.697. The zero-order valence-electron chi connectivity index (χ0n) is 9.46. The SMILES string of the molecule is Nc1c(NCCc2ncno2)ccc2scnc12. The maximum absolute atomic E-state index is 6.05. The molecule has 3 N–H and O–H groups in total. The third kappa shape index (κ3) is 2.00. The van der Waals surface area contributed by atoms with Gasteiger partial charge in [0.05, 0.1) is 21.6 Å². The Kier molecular flexibility index (Phi) is 2.81. The molecular weight excluding hydrogens is 250 g/mol. The van der Waals surface area contributed by atoms with E-state index in [9.17, 15) is 0 Å². The minimum atomic E-state index is 0.607. The minimum absolute atomic E-state index is 0.607. The molecule has 0 atom stereocenters. The van der Waals surface area contributed by atoms with Crippen LogP contribution in [0.2, 0.25) is 0 Å². The van der Waals surface area contributed by atoms with Crippen LogP contribution in [0.5, 0.6) is 0 Å². The van der Waals surface area contributed by atoms with Gasteiger partial charge < -0.3 is 15.6 Å². The molecule has 6 nitrogen and oxygen atoms in total. The molecule has 2 aromatic heterocycles. The van der Waals surface area contributed by atoms with E-state index in [4.69, 9.17) is 10.3 Å². The molecule has 0 aliphatic heterocycles. The van der Waals surface area contributed by atoms with Crippen LogP contribution in [0.1, 0.15) is 5.89 Å². The summed E-state index contributed by atoms with van der Waals surface area (Å²) < 4.78 is 6.01. The lowest BCUT2D eigenvalue weighted by atomic mass is 10.2. The van der Waals surface area contributed by atoms with Gasteiger partial charge >= 0.3 is 0 Å². The van der Waals surface area contributed by atoms with Gasteiger partial charge in [0.25, 0.3) is 0 Å². The van der Waals surface area contributed by atoms with Gasteiger partial charge in [0.15, 0.2) is 6.33 Å². The number of hydrogen-bond donors (Lipinski definition) is 2. The first-order valence-electron chi connectivity index (χ1n) is 5.45. The highest BCUT2D eigenvalue weighted by atomic mass is 32.1. The molecule has 0 radical (unpaired) electrons. The lowest BCUT2D eigenvalue weighted by Crippen LogP contribution is -2.07. The second-order valence-electron chi connectivity index (χ2n) is 3.74. The van der Waals surface area contributed by atoms with Crippen LogP contribution in [0.3, 0.4) is 0 Å². The minimum Gasteiger partial charge on any atom is -0.395 e. The van der Waals surface area contributed by atoms with Crippen LogP contribution in [0.4, 0.5) is 11.4 Å². The lowest BCUT2D eigenvalue weighted by Gasteiger charge is -2.08. The summed E-state index contributed by atoms with van der Waals surface area (Å²) in [5.41, 5.74) is 10.3. The number of fused-ring (bicyclic) bond motifs is 1. The summed E-state index contributed by atoms with van der Waals surface area (Å²) in [6.07, 6.45) is 2.06. The number of nitrogens with one attached hydrogen (secondary N) is 1. The van der Waals surface area contributed by atoms with Crippen molar-refractivity contribution in [1.29, 1.82) is 0 Å². The third-order valence-electron chi connectivity index (χ3n) is 2.60. The summed E-state index contributed by atoms with van der Waals surface area (Å²) in [6.45, 7) is 0.683. The van der Waals surface area contributed by atoms with Crippen molar-refractivity contribution in [2.24, 2.45) is 0 Å². The molecule has 0 aliphatic rings. The Balaban J connectivity index is 1.72. The number of nitrogens with two attached hydrogens (primary N) is 1. The number of aromatic nitrogens is 3. The molecule has 1 aromatic carbocycles. The molecule has 2 heterocycles. The van der Waals surface area contributed by atoms with Crippen molar-refractivity contribution in [3.05, 3.63) is 29.9 Å². The molecular formula is C11H11N5OS. The van der Waals surface area contributed by atoms with E-state index in [1.54, 1.807) is 16.8 Å². The van der Waals surface area contributed by atoms with E-state index in [1.165, 1.54) is 6.33 Å². The Morgan fingerprint density at radius 3 is 3.11 bits per heavy atom. The molecule has 0 saturated heterocycles. The van der Waals surface area contributed by atoms with Gasteiger partial charge in [-0.05, 0) is 12.1 Å². The van der Waals surface area contributed by atoms with Crippen LogP contribution < -0.4 is 11.1 Å². The van der Waals surface area contributed by atoms with Crippen LogP contribution in [0.25, 0.3) is 10.2 Å². The molecule has 0 aliphatic carbocycles. The van der Waals surface area contributed by atoms with Gasteiger partial charge in [0, 0.05) is 13.0 Å². The van der Waals surface area contributed by atoms with Crippen LogP contribution in [-0.4, -0.2) is 21.7 Å². The fourth-order valence-electron chi connectivity index (χ4n) is 1.72. The van der Waals surface area contributed by atoms with Crippen molar-refractivity contribution < 1.29 is 4.52 Å². The van der Waals surface area contributed by atoms with Crippen LogP contribution in [-0.2, 0) is 6.42 Å². The van der Waals surface area contributed by atoms with Crippen molar-refractivity contribution in [1.82, 2.24) is 15.1 Å². The number of benzene rings is 1. The molecule has 92 valence electrons. The van der Waals surface area contributed by atoms with Crippen molar-refractivity contribution in [3.63, 3.8) is 0 Å². The Morgan fingerprint density at radius 1 is 1.33 bits per heavy atom. The highest BCUT2D eigenvalue weighted by Crippen LogP contribution is 2.29. The molecule has 0 unspecified atom stereocenters. The number of nitrogen functional groups attached to an aromatic ring is 1. The molecule has 0 saturated carbocycles. The van der Waals surface area contributed by atoms with E-state index in [2.05, 4.69) is 20.4 Å². The molecule has 18 heavy (non-hydrogen) atoms. The fraction of sp³-hybridized carbons (Fsp3) is 0.182. The maximum Gasteiger partial charge on any atom is 0.228 e. The average molecular weight is 261 g/mol. The Hall–Kier alpha value is -2.15. The van der Waals surface area contributed by atoms with Crippen LogP contribution in [0, 0.1) is 0 Å². The summed E-state index contributed by atoms with van der Waals surface area (Å²) in [5, 5.41) is 6.80. The van der Waals surface area contributed by atoms with E-state index in [0.717, 1.165) is 15.9 Å². The average Bonchev–Trinajstić information content (AvgIpc) is 3.02. The van der Waals surface area contributed by atoms with Gasteiger partial charge in [-0.25, -0.2) is 4.98 Å². The van der Waals surface area contributed by atoms with E-state index in [1.807, 2.05) is 12.1 Å². The molecule has 0 spiro atoms. The van der Waals surface area contributed by atoms with E-state index in [-0.39, 0.29) is 0 Å². The zero-order valence-corrected chi connectivity index (χ0v) is 10.3. The van der Waals surface area contributed by atoms with Crippen LogP contribution in [0.15, 0.2) is 28.5 Å². The van der Waals surface area contributed by atoms with E-state index in [0.29, 0.717) is 24.5 Å². The first-order valence-corrected chi connectivity index (χ1v) is 6.33. The summed E-state index contributed by atoms with van der Waals surface area (Å²) in [5.74, 6) is 0.607. The molecule has 3 aromatic rings. The second-order valence-corrected chi connectivity index (χ2v) is 4.62. The topological polar surface area (TPSA) is 89.9 Å². The first kappa shape index (κ1) is 11.0. The van der Waals surface area contributed by atoms with Gasteiger partial charge in [-0.2, -0.15) is 4.98 Å². The van der Waals surface area contributed by atoms with Crippen molar-refractivity contribution in [2.75, 3.05) is 17.6 Å². The van der Waals surface area contributed by atoms with Gasteiger partial charge in [0.1, 0.15) is 5.52 Å². The van der Waals surface area contributed by atoms with Gasteiger partial charge in [0.2, 0.25) is 5.89 Å².